The fourth-order valence-electron chi connectivity index (χ4n) is 2.04. The first-order valence-corrected chi connectivity index (χ1v) is 6.82. The van der Waals surface area contributed by atoms with E-state index < -0.39 is 6.10 Å². The Morgan fingerprint density at radius 2 is 2.10 bits per heavy atom. The first kappa shape index (κ1) is 14.4. The molecule has 0 spiro atoms. The second kappa shape index (κ2) is 5.94. The smallest absolute Gasteiger partial charge is 0.268 e. The topological polar surface area (TPSA) is 58.6 Å². The van der Waals surface area contributed by atoms with Crippen molar-refractivity contribution in [2.45, 2.75) is 26.9 Å². The summed E-state index contributed by atoms with van der Waals surface area (Å²) in [6.07, 6.45) is -0.567. The lowest BCUT2D eigenvalue weighted by Crippen LogP contribution is -2.49. The molecule has 0 aromatic heterocycles. The van der Waals surface area contributed by atoms with Gasteiger partial charge in [0, 0.05) is 6.54 Å². The van der Waals surface area contributed by atoms with Gasteiger partial charge < -0.3 is 10.1 Å². The average molecular weight is 276 g/mol. The second-order valence-corrected chi connectivity index (χ2v) is 5.35. The lowest BCUT2D eigenvalue weighted by Gasteiger charge is -2.32. The van der Waals surface area contributed by atoms with Gasteiger partial charge in [0.2, 0.25) is 5.91 Å². The van der Waals surface area contributed by atoms with Gasteiger partial charge in [0.1, 0.15) is 12.3 Å². The van der Waals surface area contributed by atoms with E-state index in [1.165, 1.54) is 4.90 Å². The molecule has 2 amide bonds. The molecule has 2 rings (SSSR count). The van der Waals surface area contributed by atoms with Gasteiger partial charge in [-0.25, -0.2) is 0 Å². The van der Waals surface area contributed by atoms with E-state index in [0.717, 1.165) is 0 Å². The molecular weight excluding hydrogens is 256 g/mol. The van der Waals surface area contributed by atoms with E-state index in [2.05, 4.69) is 5.32 Å². The van der Waals surface area contributed by atoms with Crippen LogP contribution in [0, 0.1) is 5.92 Å². The highest BCUT2D eigenvalue weighted by molar-refractivity contribution is 6.03. The summed E-state index contributed by atoms with van der Waals surface area (Å²) >= 11 is 0. The number of rotatable bonds is 4. The average Bonchev–Trinajstić information content (AvgIpc) is 2.41. The van der Waals surface area contributed by atoms with Crippen LogP contribution in [0.5, 0.6) is 5.75 Å². The number of carbonyl (C=O) groups is 2. The third-order valence-corrected chi connectivity index (χ3v) is 3.08. The molecule has 0 radical (unpaired) electrons. The van der Waals surface area contributed by atoms with Crippen LogP contribution in [0.15, 0.2) is 24.3 Å². The van der Waals surface area contributed by atoms with Crippen molar-refractivity contribution >= 4 is 17.5 Å². The van der Waals surface area contributed by atoms with Crippen LogP contribution in [0.25, 0.3) is 0 Å². The maximum absolute atomic E-state index is 12.2. The van der Waals surface area contributed by atoms with Gasteiger partial charge in [-0.05, 0) is 25.0 Å². The summed E-state index contributed by atoms with van der Waals surface area (Å²) in [5.74, 6) is 0.668. The van der Waals surface area contributed by atoms with Crippen molar-refractivity contribution in [1.29, 1.82) is 0 Å². The van der Waals surface area contributed by atoms with Crippen molar-refractivity contribution in [2.75, 3.05) is 18.0 Å². The van der Waals surface area contributed by atoms with Crippen LogP contribution in [-0.2, 0) is 9.59 Å². The Morgan fingerprint density at radius 3 is 2.80 bits per heavy atom. The van der Waals surface area contributed by atoms with Crippen LogP contribution in [0.4, 0.5) is 5.69 Å². The van der Waals surface area contributed by atoms with Gasteiger partial charge in [-0.1, -0.05) is 26.0 Å². The number of fused-ring (bicyclic) bond motifs is 1. The first-order chi connectivity index (χ1) is 9.49. The largest absolute Gasteiger partial charge is 0.479 e. The molecule has 1 aliphatic heterocycles. The molecule has 0 saturated heterocycles. The number of para-hydroxylation sites is 2. The van der Waals surface area contributed by atoms with E-state index in [9.17, 15) is 9.59 Å². The number of carbonyl (C=O) groups excluding carboxylic acids is 2. The molecule has 108 valence electrons. The maximum atomic E-state index is 12.2. The Hall–Kier alpha value is -2.04. The highest BCUT2D eigenvalue weighted by atomic mass is 16.5. The van der Waals surface area contributed by atoms with Crippen molar-refractivity contribution < 1.29 is 14.3 Å². The molecule has 0 aliphatic carbocycles. The van der Waals surface area contributed by atoms with E-state index >= 15 is 0 Å². The third kappa shape index (κ3) is 3.10. The van der Waals surface area contributed by atoms with Crippen molar-refractivity contribution in [1.82, 2.24) is 5.32 Å². The predicted molar refractivity (Wildman–Crippen MR) is 76.7 cm³/mol. The molecule has 5 heteroatoms. The summed E-state index contributed by atoms with van der Waals surface area (Å²) < 4.78 is 5.53. The molecule has 1 N–H and O–H groups in total. The predicted octanol–water partition coefficient (Wildman–Crippen LogP) is 1.57. The van der Waals surface area contributed by atoms with Crippen LogP contribution in [-0.4, -0.2) is 31.0 Å². The van der Waals surface area contributed by atoms with Gasteiger partial charge in [-0.15, -0.1) is 0 Å². The number of anilines is 1. The third-order valence-electron chi connectivity index (χ3n) is 3.08. The van der Waals surface area contributed by atoms with Gasteiger partial charge in [0.25, 0.3) is 5.91 Å². The number of ether oxygens (including phenoxy) is 1. The van der Waals surface area contributed by atoms with Crippen molar-refractivity contribution in [2.24, 2.45) is 5.92 Å². The summed E-state index contributed by atoms with van der Waals surface area (Å²) in [5.41, 5.74) is 0.648. The monoisotopic (exact) mass is 276 g/mol. The quantitative estimate of drug-likeness (QED) is 0.908. The van der Waals surface area contributed by atoms with Gasteiger partial charge >= 0.3 is 0 Å². The molecule has 1 aromatic carbocycles. The molecular formula is C15H20N2O3. The molecule has 1 aromatic rings. The Bertz CT molecular complexity index is 514. The van der Waals surface area contributed by atoms with E-state index in [0.29, 0.717) is 23.9 Å². The Labute approximate surface area is 118 Å². The van der Waals surface area contributed by atoms with Gasteiger partial charge in [0.05, 0.1) is 5.69 Å². The molecule has 5 nitrogen and oxygen atoms in total. The van der Waals surface area contributed by atoms with Crippen LogP contribution in [0.1, 0.15) is 20.8 Å². The number of hydrogen-bond donors (Lipinski definition) is 1. The van der Waals surface area contributed by atoms with E-state index in [4.69, 9.17) is 4.74 Å². The summed E-state index contributed by atoms with van der Waals surface area (Å²) in [6, 6.07) is 7.26. The molecule has 0 fully saturated rings. The van der Waals surface area contributed by atoms with Crippen molar-refractivity contribution in [3.63, 3.8) is 0 Å². The number of nitrogens with zero attached hydrogens (tertiary/aromatic N) is 1. The lowest BCUT2D eigenvalue weighted by atomic mass is 10.2. The molecule has 1 heterocycles. The van der Waals surface area contributed by atoms with Crippen LogP contribution in [0.3, 0.4) is 0 Å². The minimum absolute atomic E-state index is 0.0241. The zero-order valence-electron chi connectivity index (χ0n) is 12.1. The maximum Gasteiger partial charge on any atom is 0.268 e. The molecule has 1 aliphatic rings. The van der Waals surface area contributed by atoms with Gasteiger partial charge in [-0.2, -0.15) is 0 Å². The Balaban J connectivity index is 2.13. The standard InChI is InChI=1S/C15H20N2O3/c1-10(2)8-16-14(18)9-17-12-6-4-5-7-13(12)20-11(3)15(17)19/h4-7,10-11H,8-9H2,1-3H3,(H,16,18). The molecule has 0 bridgehead atoms. The van der Waals surface area contributed by atoms with E-state index in [-0.39, 0.29) is 18.4 Å². The Morgan fingerprint density at radius 1 is 1.40 bits per heavy atom. The summed E-state index contributed by atoms with van der Waals surface area (Å²) in [7, 11) is 0. The second-order valence-electron chi connectivity index (χ2n) is 5.35. The zero-order chi connectivity index (χ0) is 14.7. The number of nitrogens with one attached hydrogen (secondary N) is 1. The van der Waals surface area contributed by atoms with E-state index in [1.54, 1.807) is 19.1 Å². The zero-order valence-corrected chi connectivity index (χ0v) is 12.1. The number of benzene rings is 1. The van der Waals surface area contributed by atoms with Crippen LogP contribution < -0.4 is 15.0 Å². The molecule has 1 atom stereocenters. The molecule has 20 heavy (non-hydrogen) atoms. The number of amides is 2. The Kier molecular flexibility index (Phi) is 4.27. The minimum Gasteiger partial charge on any atom is -0.479 e. The SMILES string of the molecule is CC(C)CNC(=O)CN1C(=O)C(C)Oc2ccccc21. The van der Waals surface area contributed by atoms with Gasteiger partial charge in [0.15, 0.2) is 6.10 Å². The highest BCUT2D eigenvalue weighted by Gasteiger charge is 2.32. The summed E-state index contributed by atoms with van der Waals surface area (Å²) in [6.45, 7) is 6.37. The fourth-order valence-corrected chi connectivity index (χ4v) is 2.04. The summed E-state index contributed by atoms with van der Waals surface area (Å²) in [4.78, 5) is 25.6. The first-order valence-electron chi connectivity index (χ1n) is 6.82. The highest BCUT2D eigenvalue weighted by Crippen LogP contribution is 2.33. The number of hydrogen-bond acceptors (Lipinski definition) is 3. The van der Waals surface area contributed by atoms with Gasteiger partial charge in [-0.3, -0.25) is 14.5 Å². The van der Waals surface area contributed by atoms with Crippen LogP contribution >= 0.6 is 0 Å². The van der Waals surface area contributed by atoms with E-state index in [1.807, 2.05) is 26.0 Å². The summed E-state index contributed by atoms with van der Waals surface area (Å²) in [5, 5.41) is 2.82. The molecule has 1 unspecified atom stereocenters. The van der Waals surface area contributed by atoms with Crippen molar-refractivity contribution in [3.8, 4) is 5.75 Å². The van der Waals surface area contributed by atoms with Crippen LogP contribution in [0.2, 0.25) is 0 Å². The molecule has 0 saturated carbocycles. The minimum atomic E-state index is -0.567. The lowest BCUT2D eigenvalue weighted by molar-refractivity contribution is -0.128. The normalized spacial score (nSPS) is 17.7. The van der Waals surface area contributed by atoms with Crippen molar-refractivity contribution in [3.05, 3.63) is 24.3 Å². The fraction of sp³-hybridized carbons (Fsp3) is 0.467.